The Morgan fingerprint density at radius 1 is 1.16 bits per heavy atom. The number of anilines is 1. The highest BCUT2D eigenvalue weighted by molar-refractivity contribution is 14.1. The van der Waals surface area contributed by atoms with E-state index < -0.39 is 23.9 Å². The molecule has 9 heteroatoms. The van der Waals surface area contributed by atoms with E-state index in [-0.39, 0.29) is 12.2 Å². The fourth-order valence-corrected chi connectivity index (χ4v) is 3.77. The molecule has 168 valence electrons. The third-order valence-corrected chi connectivity index (χ3v) is 5.26. The van der Waals surface area contributed by atoms with E-state index >= 15 is 0 Å². The van der Waals surface area contributed by atoms with Crippen molar-refractivity contribution in [3.8, 4) is 11.5 Å². The van der Waals surface area contributed by atoms with Crippen LogP contribution >= 0.6 is 22.6 Å². The van der Waals surface area contributed by atoms with Crippen LogP contribution < -0.4 is 19.9 Å². The van der Waals surface area contributed by atoms with Crippen molar-refractivity contribution < 1.29 is 28.6 Å². The van der Waals surface area contributed by atoms with Gasteiger partial charge in [0.2, 0.25) is 0 Å². The van der Waals surface area contributed by atoms with Gasteiger partial charge < -0.3 is 14.2 Å². The van der Waals surface area contributed by atoms with Crippen molar-refractivity contribution in [3.05, 3.63) is 57.2 Å². The van der Waals surface area contributed by atoms with Crippen molar-refractivity contribution in [1.82, 2.24) is 5.43 Å². The zero-order chi connectivity index (χ0) is 23.3. The number of halogens is 1. The van der Waals surface area contributed by atoms with Gasteiger partial charge in [-0.05, 0) is 79.3 Å². The van der Waals surface area contributed by atoms with E-state index in [0.717, 1.165) is 0 Å². The average Bonchev–Trinajstić information content (AvgIpc) is 3.05. The van der Waals surface area contributed by atoms with Crippen molar-refractivity contribution in [2.75, 3.05) is 18.2 Å². The first-order valence-electron chi connectivity index (χ1n) is 10.1. The Morgan fingerprint density at radius 3 is 2.53 bits per heavy atom. The van der Waals surface area contributed by atoms with E-state index in [4.69, 9.17) is 14.2 Å². The van der Waals surface area contributed by atoms with Gasteiger partial charge in [-0.25, -0.2) is 9.80 Å². The first kappa shape index (κ1) is 23.6. The minimum Gasteiger partial charge on any atom is -0.490 e. The number of benzene rings is 2. The Kier molecular flexibility index (Phi) is 7.73. The molecule has 1 aliphatic heterocycles. The van der Waals surface area contributed by atoms with E-state index in [2.05, 4.69) is 28.0 Å². The summed E-state index contributed by atoms with van der Waals surface area (Å²) in [7, 11) is 0. The maximum Gasteiger partial charge on any atom is 0.347 e. The number of hydrogen-bond acceptors (Lipinski definition) is 6. The van der Waals surface area contributed by atoms with Gasteiger partial charge in [-0.3, -0.25) is 15.0 Å². The number of carbonyl (C=O) groups excluding carboxylic acids is 3. The summed E-state index contributed by atoms with van der Waals surface area (Å²) in [5.41, 5.74) is 3.73. The fraction of sp³-hybridized carbons (Fsp3) is 0.261. The van der Waals surface area contributed by atoms with Crippen LogP contribution in [0.25, 0.3) is 6.08 Å². The van der Waals surface area contributed by atoms with E-state index in [1.54, 1.807) is 50.2 Å². The molecule has 0 aliphatic carbocycles. The Bertz CT molecular complexity index is 1050. The molecule has 1 atom stereocenters. The minimum absolute atomic E-state index is 0.000613. The first-order valence-corrected chi connectivity index (χ1v) is 11.1. The molecule has 1 aliphatic rings. The maximum absolute atomic E-state index is 12.8. The zero-order valence-electron chi connectivity index (χ0n) is 17.9. The minimum atomic E-state index is -0.825. The van der Waals surface area contributed by atoms with Gasteiger partial charge in [0.1, 0.15) is 5.57 Å². The van der Waals surface area contributed by atoms with Crippen LogP contribution in [0.3, 0.4) is 0 Å². The summed E-state index contributed by atoms with van der Waals surface area (Å²) in [4.78, 5) is 37.3. The van der Waals surface area contributed by atoms with E-state index in [1.807, 2.05) is 13.0 Å². The molecule has 0 bridgehead atoms. The molecule has 0 saturated carbocycles. The molecule has 1 fully saturated rings. The number of esters is 1. The van der Waals surface area contributed by atoms with Crippen molar-refractivity contribution in [1.29, 1.82) is 0 Å². The Hall–Kier alpha value is -3.08. The summed E-state index contributed by atoms with van der Waals surface area (Å²) in [5, 5.41) is 1.21. The standard InChI is InChI=1S/C23H23IN2O6/c1-4-30-19-13-15(12-18(24)20(19)32-14(3)23(29)31-5-2)11-17-21(27)25-26(22(17)28)16-9-7-6-8-10-16/h6-14H,4-5H2,1-3H3,(H,25,27)/b17-11-/t14-/m0/s1. The predicted molar refractivity (Wildman–Crippen MR) is 127 cm³/mol. The molecule has 1 N–H and O–H groups in total. The van der Waals surface area contributed by atoms with Gasteiger partial charge in [0.15, 0.2) is 17.6 Å². The molecule has 2 aromatic rings. The van der Waals surface area contributed by atoms with Gasteiger partial charge in [-0.15, -0.1) is 0 Å². The molecule has 32 heavy (non-hydrogen) atoms. The lowest BCUT2D eigenvalue weighted by Gasteiger charge is -2.18. The summed E-state index contributed by atoms with van der Waals surface area (Å²) in [5.74, 6) is -0.642. The van der Waals surface area contributed by atoms with Crippen molar-refractivity contribution >= 4 is 52.1 Å². The second kappa shape index (κ2) is 10.5. The SMILES string of the molecule is CCOC(=O)[C@H](C)Oc1c(I)cc(/C=C2/C(=O)NN(c3ccccc3)C2=O)cc1OCC. The molecule has 1 heterocycles. The molecule has 0 spiro atoms. The second-order valence-electron chi connectivity index (χ2n) is 6.75. The highest BCUT2D eigenvalue weighted by atomic mass is 127. The van der Waals surface area contributed by atoms with Crippen LogP contribution in [-0.4, -0.2) is 37.1 Å². The van der Waals surface area contributed by atoms with Gasteiger partial charge in [-0.2, -0.15) is 0 Å². The van der Waals surface area contributed by atoms with Crippen LogP contribution in [0.2, 0.25) is 0 Å². The summed E-state index contributed by atoms with van der Waals surface area (Å²) in [6.07, 6.45) is 0.678. The van der Waals surface area contributed by atoms with Crippen molar-refractivity contribution in [2.24, 2.45) is 0 Å². The van der Waals surface area contributed by atoms with Gasteiger partial charge in [0, 0.05) is 0 Å². The van der Waals surface area contributed by atoms with E-state index in [1.165, 1.54) is 11.1 Å². The lowest BCUT2D eigenvalue weighted by molar-refractivity contribution is -0.150. The third-order valence-electron chi connectivity index (χ3n) is 4.46. The molecule has 8 nitrogen and oxygen atoms in total. The Balaban J connectivity index is 1.91. The molecular formula is C23H23IN2O6. The largest absolute Gasteiger partial charge is 0.490 e. The van der Waals surface area contributed by atoms with E-state index in [0.29, 0.717) is 32.9 Å². The summed E-state index contributed by atoms with van der Waals surface area (Å²) in [6, 6.07) is 12.3. The highest BCUT2D eigenvalue weighted by Gasteiger charge is 2.34. The van der Waals surface area contributed by atoms with Gasteiger partial charge in [0.25, 0.3) is 11.8 Å². The molecular weight excluding hydrogens is 527 g/mol. The maximum atomic E-state index is 12.8. The van der Waals surface area contributed by atoms with E-state index in [9.17, 15) is 14.4 Å². The van der Waals surface area contributed by atoms with Gasteiger partial charge >= 0.3 is 5.97 Å². The first-order chi connectivity index (χ1) is 15.3. The van der Waals surface area contributed by atoms with Crippen molar-refractivity contribution in [3.63, 3.8) is 0 Å². The molecule has 1 saturated heterocycles. The number of ether oxygens (including phenoxy) is 3. The quantitative estimate of drug-likeness (QED) is 0.234. The Labute approximate surface area is 199 Å². The number of rotatable bonds is 8. The normalized spacial score (nSPS) is 15.5. The zero-order valence-corrected chi connectivity index (χ0v) is 20.0. The predicted octanol–water partition coefficient (Wildman–Crippen LogP) is 3.48. The highest BCUT2D eigenvalue weighted by Crippen LogP contribution is 2.36. The van der Waals surface area contributed by atoms with Gasteiger partial charge in [0.05, 0.1) is 22.5 Å². The number of nitrogens with zero attached hydrogens (tertiary/aromatic N) is 1. The number of nitrogens with one attached hydrogen (secondary N) is 1. The number of hydrazine groups is 1. The summed E-state index contributed by atoms with van der Waals surface area (Å²) in [6.45, 7) is 5.76. The molecule has 2 amide bonds. The second-order valence-corrected chi connectivity index (χ2v) is 7.91. The monoisotopic (exact) mass is 550 g/mol. The number of amides is 2. The molecule has 2 aromatic carbocycles. The van der Waals surface area contributed by atoms with Crippen LogP contribution in [-0.2, 0) is 19.1 Å². The van der Waals surface area contributed by atoms with Crippen LogP contribution in [0.4, 0.5) is 5.69 Å². The number of carbonyl (C=O) groups is 3. The summed E-state index contributed by atoms with van der Waals surface area (Å²) >= 11 is 2.06. The average molecular weight is 550 g/mol. The van der Waals surface area contributed by atoms with Crippen LogP contribution in [0.5, 0.6) is 11.5 Å². The summed E-state index contributed by atoms with van der Waals surface area (Å²) < 4.78 is 17.2. The molecule has 0 radical (unpaired) electrons. The van der Waals surface area contributed by atoms with Crippen LogP contribution in [0.15, 0.2) is 48.0 Å². The number of para-hydroxylation sites is 1. The lowest BCUT2D eigenvalue weighted by Crippen LogP contribution is -2.35. The molecule has 0 unspecified atom stereocenters. The smallest absolute Gasteiger partial charge is 0.347 e. The Morgan fingerprint density at radius 2 is 1.88 bits per heavy atom. The topological polar surface area (TPSA) is 94.2 Å². The van der Waals surface area contributed by atoms with Gasteiger partial charge in [-0.1, -0.05) is 18.2 Å². The molecule has 3 rings (SSSR count). The fourth-order valence-electron chi connectivity index (χ4n) is 3.02. The van der Waals surface area contributed by atoms with Crippen molar-refractivity contribution in [2.45, 2.75) is 26.9 Å². The van der Waals surface area contributed by atoms with Crippen LogP contribution in [0.1, 0.15) is 26.3 Å². The lowest BCUT2D eigenvalue weighted by atomic mass is 10.1. The third kappa shape index (κ3) is 5.21. The molecule has 0 aromatic heterocycles. The van der Waals surface area contributed by atoms with Crippen LogP contribution in [0, 0.1) is 3.57 Å². The number of hydrogen-bond donors (Lipinski definition) is 1.